The van der Waals surface area contributed by atoms with Crippen LogP contribution < -0.4 is 16.4 Å². The molecule has 2 aromatic rings. The first-order chi connectivity index (χ1) is 18.4. The number of nitrogens with one attached hydrogen (secondary N) is 2. The first-order valence-corrected chi connectivity index (χ1v) is 12.3. The minimum Gasteiger partial charge on any atom is -0.478 e. The van der Waals surface area contributed by atoms with Gasteiger partial charge in [-0.2, -0.15) is 0 Å². The molecule has 10 heteroatoms. The van der Waals surface area contributed by atoms with Gasteiger partial charge in [0.05, 0.1) is 17.3 Å². The number of amides is 1. The molecule has 38 heavy (non-hydrogen) atoms. The average Bonchev–Trinajstić information content (AvgIpc) is 2.88. The number of nitrogen functional groups attached to an aromatic ring is 1. The van der Waals surface area contributed by atoms with Gasteiger partial charge in [0.1, 0.15) is 11.3 Å². The maximum atomic E-state index is 12.6. The van der Waals surface area contributed by atoms with E-state index in [4.69, 9.17) is 21.1 Å². The van der Waals surface area contributed by atoms with Crippen molar-refractivity contribution in [3.63, 3.8) is 0 Å². The molecule has 194 valence electrons. The molecule has 1 amide bonds. The summed E-state index contributed by atoms with van der Waals surface area (Å²) in [4.78, 5) is 27.6. The molecule has 10 nitrogen and oxygen atoms in total. The van der Waals surface area contributed by atoms with Crippen LogP contribution >= 0.6 is 0 Å². The van der Waals surface area contributed by atoms with Crippen molar-refractivity contribution in [3.8, 4) is 22.5 Å². The molecule has 2 aromatic carbocycles. The highest BCUT2D eigenvalue weighted by Gasteiger charge is 2.22. The number of nitrogens with two attached hydrogens (primary N) is 1. The number of nitrogens with zero attached hydrogens (tertiary/aromatic N) is 3. The van der Waals surface area contributed by atoms with Crippen LogP contribution in [-0.2, 0) is 11.2 Å². The number of benzene rings is 3. The predicted octanol–water partition coefficient (Wildman–Crippen LogP) is 5.49. The number of rotatable bonds is 11. The van der Waals surface area contributed by atoms with Crippen LogP contribution in [0.25, 0.3) is 43.9 Å². The van der Waals surface area contributed by atoms with E-state index >= 15 is 0 Å². The second-order valence-corrected chi connectivity index (χ2v) is 9.02. The van der Waals surface area contributed by atoms with Crippen LogP contribution in [-0.4, -0.2) is 30.1 Å². The van der Waals surface area contributed by atoms with Gasteiger partial charge in [-0.3, -0.25) is 4.79 Å². The van der Waals surface area contributed by atoms with Crippen molar-refractivity contribution in [1.29, 1.82) is 5.41 Å². The molecule has 0 unspecified atom stereocenters. The quantitative estimate of drug-likeness (QED) is 0.0517. The van der Waals surface area contributed by atoms with E-state index in [2.05, 4.69) is 15.3 Å². The highest BCUT2D eigenvalue weighted by Crippen LogP contribution is 2.41. The monoisotopic (exact) mass is 512 g/mol. The van der Waals surface area contributed by atoms with E-state index in [0.717, 1.165) is 25.7 Å². The molecule has 0 saturated heterocycles. The predicted molar refractivity (Wildman–Crippen MR) is 145 cm³/mol. The minimum absolute atomic E-state index is 0.0930. The van der Waals surface area contributed by atoms with Gasteiger partial charge in [0, 0.05) is 52.3 Å². The maximum Gasteiger partial charge on any atom is 0.336 e. The Morgan fingerprint density at radius 1 is 1.03 bits per heavy atom. The molecule has 4 rings (SSSR count). The molecule has 0 atom stereocenters. The molecule has 0 radical (unpaired) electrons. The Labute approximate surface area is 218 Å². The number of aromatic carboxylic acids is 1. The Bertz CT molecular complexity index is 1570. The Kier molecular flexibility index (Phi) is 8.25. The van der Waals surface area contributed by atoms with Gasteiger partial charge in [-0.1, -0.05) is 24.0 Å². The summed E-state index contributed by atoms with van der Waals surface area (Å²) in [5.74, 6) is -0.812. The summed E-state index contributed by atoms with van der Waals surface area (Å²) in [6.45, 7) is 1.02. The first-order valence-electron chi connectivity index (χ1n) is 12.3. The van der Waals surface area contributed by atoms with Crippen molar-refractivity contribution in [3.05, 3.63) is 81.5 Å². The van der Waals surface area contributed by atoms with Gasteiger partial charge < -0.3 is 26.0 Å². The van der Waals surface area contributed by atoms with Crippen molar-refractivity contribution in [1.82, 2.24) is 5.32 Å². The van der Waals surface area contributed by atoms with Gasteiger partial charge in [-0.05, 0) is 65.9 Å². The zero-order chi connectivity index (χ0) is 27.1. The number of azide groups is 1. The van der Waals surface area contributed by atoms with Crippen molar-refractivity contribution >= 4 is 28.5 Å². The highest BCUT2D eigenvalue weighted by atomic mass is 16.4. The summed E-state index contributed by atoms with van der Waals surface area (Å²) in [7, 11) is 0. The molecule has 0 saturated carbocycles. The second-order valence-electron chi connectivity index (χ2n) is 9.02. The van der Waals surface area contributed by atoms with Crippen LogP contribution in [0.1, 0.15) is 41.6 Å². The van der Waals surface area contributed by atoms with Gasteiger partial charge in [-0.15, -0.1) is 0 Å². The fourth-order valence-corrected chi connectivity index (χ4v) is 4.47. The van der Waals surface area contributed by atoms with Crippen molar-refractivity contribution < 1.29 is 19.1 Å². The molecule has 1 aliphatic heterocycles. The Balaban J connectivity index is 1.63. The van der Waals surface area contributed by atoms with Gasteiger partial charge >= 0.3 is 5.97 Å². The fraction of sp³-hybridized carbons (Fsp3) is 0.250. The molecule has 2 aliphatic rings. The van der Waals surface area contributed by atoms with E-state index in [-0.39, 0.29) is 23.2 Å². The second kappa shape index (κ2) is 11.9. The van der Waals surface area contributed by atoms with Gasteiger partial charge in [0.25, 0.3) is 0 Å². The highest BCUT2D eigenvalue weighted by molar-refractivity contribution is 6.08. The Morgan fingerprint density at radius 2 is 1.84 bits per heavy atom. The third-order valence-corrected chi connectivity index (χ3v) is 6.26. The van der Waals surface area contributed by atoms with E-state index in [9.17, 15) is 14.7 Å². The number of carbonyl (C=O) groups excluding carboxylic acids is 1. The molecule has 0 spiro atoms. The average molecular weight is 513 g/mol. The Morgan fingerprint density at radius 3 is 2.63 bits per heavy atom. The summed E-state index contributed by atoms with van der Waals surface area (Å²) in [6, 6.07) is 15.0. The third-order valence-electron chi connectivity index (χ3n) is 6.26. The van der Waals surface area contributed by atoms with E-state index in [1.54, 1.807) is 48.5 Å². The van der Waals surface area contributed by atoms with E-state index < -0.39 is 5.97 Å². The lowest BCUT2D eigenvalue weighted by Crippen LogP contribution is -2.26. The summed E-state index contributed by atoms with van der Waals surface area (Å²) < 4.78 is 6.02. The van der Waals surface area contributed by atoms with E-state index in [1.165, 1.54) is 6.07 Å². The number of hydrogen-bond acceptors (Lipinski definition) is 6. The zero-order valence-electron chi connectivity index (χ0n) is 20.7. The number of carboxylic acid groups (broad SMARTS) is 1. The standard InChI is InChI=1S/C28H28N6O4/c29-18-6-9-21-24(15-18)38-25-16-19(30)7-10-22(25)27(21)23-13-17(5-8-20(23)28(36)37)14-26(35)32-11-3-1-2-4-12-33-34-31/h5-10,13,15-16,29H,1-4,11-12,14,30H2,(H,32,35)(H,36,37). The lowest BCUT2D eigenvalue weighted by atomic mass is 9.89. The summed E-state index contributed by atoms with van der Waals surface area (Å²) >= 11 is 0. The summed E-state index contributed by atoms with van der Waals surface area (Å²) in [5, 5.41) is 25.3. The normalized spacial score (nSPS) is 10.8. The molecule has 1 heterocycles. The van der Waals surface area contributed by atoms with Gasteiger partial charge in [-0.25, -0.2) is 4.79 Å². The number of carboxylic acids is 1. The van der Waals surface area contributed by atoms with Crippen molar-refractivity contribution in [2.45, 2.75) is 32.1 Å². The lowest BCUT2D eigenvalue weighted by Gasteiger charge is -2.18. The zero-order valence-corrected chi connectivity index (χ0v) is 20.7. The van der Waals surface area contributed by atoms with Gasteiger partial charge in [0.15, 0.2) is 0 Å². The van der Waals surface area contributed by atoms with Crippen LogP contribution in [0.2, 0.25) is 0 Å². The topological polar surface area (TPSA) is 178 Å². The number of unbranched alkanes of at least 4 members (excludes halogenated alkanes) is 3. The number of anilines is 1. The molecule has 0 bridgehead atoms. The fourth-order valence-electron chi connectivity index (χ4n) is 4.47. The molecule has 1 aliphatic carbocycles. The molecular weight excluding hydrogens is 484 g/mol. The van der Waals surface area contributed by atoms with Crippen LogP contribution in [0, 0.1) is 5.41 Å². The maximum absolute atomic E-state index is 12.6. The van der Waals surface area contributed by atoms with Gasteiger partial charge in [0.2, 0.25) is 5.91 Å². The number of carbonyl (C=O) groups is 2. The summed E-state index contributed by atoms with van der Waals surface area (Å²) in [6.07, 6.45) is 3.58. The first kappa shape index (κ1) is 26.2. The SMILES string of the molecule is [N-]=[N+]=NCCCCCCNC(=O)Cc1ccc(C(=O)O)c(-c2c3ccc(=N)cc-3oc3cc(N)ccc23)c1. The Hall–Kier alpha value is -4.82. The van der Waals surface area contributed by atoms with Crippen molar-refractivity contribution in [2.24, 2.45) is 5.11 Å². The van der Waals surface area contributed by atoms with E-state index in [1.807, 2.05) is 0 Å². The molecule has 5 N–H and O–H groups in total. The smallest absolute Gasteiger partial charge is 0.336 e. The molecule has 0 fully saturated rings. The minimum atomic E-state index is -1.09. The molecular formula is C28H28N6O4. The lowest BCUT2D eigenvalue weighted by molar-refractivity contribution is -0.120. The largest absolute Gasteiger partial charge is 0.478 e. The van der Waals surface area contributed by atoms with Crippen LogP contribution in [0.4, 0.5) is 5.69 Å². The van der Waals surface area contributed by atoms with Crippen molar-refractivity contribution in [2.75, 3.05) is 18.8 Å². The summed E-state index contributed by atoms with van der Waals surface area (Å²) in [5.41, 5.74) is 17.7. The van der Waals surface area contributed by atoms with Crippen LogP contribution in [0.15, 0.2) is 64.1 Å². The molecule has 0 aromatic heterocycles. The van der Waals surface area contributed by atoms with Crippen LogP contribution in [0.5, 0.6) is 0 Å². The van der Waals surface area contributed by atoms with E-state index in [0.29, 0.717) is 57.8 Å². The third kappa shape index (κ3) is 6.11. The van der Waals surface area contributed by atoms with Crippen LogP contribution in [0.3, 0.4) is 0 Å². The number of hydrogen-bond donors (Lipinski definition) is 4. The number of fused-ring (bicyclic) bond motifs is 2.